The summed E-state index contributed by atoms with van der Waals surface area (Å²) in [6, 6.07) is 0. The van der Waals surface area contributed by atoms with Crippen molar-refractivity contribution in [1.82, 2.24) is 0 Å². The third kappa shape index (κ3) is 7.88. The lowest BCUT2D eigenvalue weighted by Gasteiger charge is -2.06. The van der Waals surface area contributed by atoms with E-state index in [9.17, 15) is 0 Å². The van der Waals surface area contributed by atoms with E-state index in [0.29, 0.717) is 19.8 Å². The van der Waals surface area contributed by atoms with Crippen LogP contribution in [0.2, 0.25) is 0 Å². The van der Waals surface area contributed by atoms with Crippen LogP contribution in [0.5, 0.6) is 0 Å². The average Bonchev–Trinajstić information content (AvgIpc) is 1.87. The minimum atomic E-state index is 0.0850. The first-order valence-corrected chi connectivity index (χ1v) is 3.57. The number of hydrogen-bond acceptors (Lipinski definition) is 3. The molecule has 10 heavy (non-hydrogen) atoms. The smallest absolute Gasteiger partial charge is 0.0703 e. The quantitative estimate of drug-likeness (QED) is 0.555. The van der Waals surface area contributed by atoms with Gasteiger partial charge in [-0.2, -0.15) is 0 Å². The molecular weight excluding hydrogens is 132 g/mol. The van der Waals surface area contributed by atoms with Crippen molar-refractivity contribution in [3.8, 4) is 0 Å². The topological polar surface area (TPSA) is 38.7 Å². The van der Waals surface area contributed by atoms with Crippen molar-refractivity contribution in [2.24, 2.45) is 0 Å². The van der Waals surface area contributed by atoms with Crippen LogP contribution in [0.3, 0.4) is 0 Å². The highest BCUT2D eigenvalue weighted by Crippen LogP contribution is 1.86. The predicted molar refractivity (Wildman–Crippen MR) is 39.0 cm³/mol. The van der Waals surface area contributed by atoms with Gasteiger partial charge in [-0.15, -0.1) is 0 Å². The molecule has 0 heterocycles. The highest BCUT2D eigenvalue weighted by molar-refractivity contribution is 4.36. The van der Waals surface area contributed by atoms with E-state index in [1.165, 1.54) is 0 Å². The standard InChI is InChI=1S/C7H16O3/c1-7(2)10-6-5-9-4-3-8/h7-8H,3-6H2,1-2H3. The molecule has 62 valence electrons. The summed E-state index contributed by atoms with van der Waals surface area (Å²) in [7, 11) is 0. The van der Waals surface area contributed by atoms with Crippen LogP contribution in [-0.4, -0.2) is 37.6 Å². The van der Waals surface area contributed by atoms with E-state index in [-0.39, 0.29) is 12.7 Å². The normalized spacial score (nSPS) is 10.8. The van der Waals surface area contributed by atoms with Gasteiger partial charge >= 0.3 is 0 Å². The zero-order valence-electron chi connectivity index (χ0n) is 6.67. The zero-order chi connectivity index (χ0) is 7.82. The van der Waals surface area contributed by atoms with E-state index in [0.717, 1.165) is 0 Å². The Hall–Kier alpha value is -0.120. The Bertz CT molecular complexity index is 63.9. The van der Waals surface area contributed by atoms with Crippen molar-refractivity contribution in [1.29, 1.82) is 0 Å². The van der Waals surface area contributed by atoms with Gasteiger partial charge in [0, 0.05) is 0 Å². The molecule has 3 heteroatoms. The fourth-order valence-corrected chi connectivity index (χ4v) is 0.509. The van der Waals surface area contributed by atoms with Gasteiger partial charge in [0.25, 0.3) is 0 Å². The second-order valence-electron chi connectivity index (χ2n) is 2.26. The van der Waals surface area contributed by atoms with Gasteiger partial charge in [0.15, 0.2) is 0 Å². The first kappa shape index (κ1) is 9.88. The Labute approximate surface area is 62.0 Å². The van der Waals surface area contributed by atoms with Gasteiger partial charge in [-0.05, 0) is 13.8 Å². The minimum absolute atomic E-state index is 0.0850. The average molecular weight is 148 g/mol. The maximum Gasteiger partial charge on any atom is 0.0703 e. The fraction of sp³-hybridized carbons (Fsp3) is 1.00. The van der Waals surface area contributed by atoms with Gasteiger partial charge in [0.1, 0.15) is 0 Å². The lowest BCUT2D eigenvalue weighted by Crippen LogP contribution is -2.10. The maximum atomic E-state index is 8.31. The number of aliphatic hydroxyl groups excluding tert-OH is 1. The molecule has 0 radical (unpaired) electrons. The third-order valence-electron chi connectivity index (χ3n) is 0.914. The largest absolute Gasteiger partial charge is 0.394 e. The van der Waals surface area contributed by atoms with E-state index in [4.69, 9.17) is 14.6 Å². The van der Waals surface area contributed by atoms with Gasteiger partial charge in [0.05, 0.1) is 32.5 Å². The van der Waals surface area contributed by atoms with E-state index in [1.54, 1.807) is 0 Å². The van der Waals surface area contributed by atoms with Gasteiger partial charge in [0.2, 0.25) is 0 Å². The van der Waals surface area contributed by atoms with Crippen LogP contribution in [0.15, 0.2) is 0 Å². The van der Waals surface area contributed by atoms with E-state index >= 15 is 0 Å². The summed E-state index contributed by atoms with van der Waals surface area (Å²) in [6.07, 6.45) is 0.262. The van der Waals surface area contributed by atoms with Crippen LogP contribution in [0.1, 0.15) is 13.8 Å². The molecule has 0 unspecified atom stereocenters. The van der Waals surface area contributed by atoms with Gasteiger partial charge in [-0.3, -0.25) is 0 Å². The summed E-state index contributed by atoms with van der Waals surface area (Å²) in [5.41, 5.74) is 0. The molecule has 0 aromatic carbocycles. The molecule has 0 amide bonds. The summed E-state index contributed by atoms with van der Waals surface area (Å²) in [5.74, 6) is 0. The Kier molecular flexibility index (Phi) is 6.91. The summed E-state index contributed by atoms with van der Waals surface area (Å²) in [5, 5.41) is 8.31. The number of rotatable bonds is 6. The first-order chi connectivity index (χ1) is 4.77. The number of aliphatic hydroxyl groups is 1. The molecule has 3 nitrogen and oxygen atoms in total. The van der Waals surface area contributed by atoms with Gasteiger partial charge in [-0.25, -0.2) is 0 Å². The lowest BCUT2D eigenvalue weighted by molar-refractivity contribution is 0.0103. The Morgan fingerprint density at radius 2 is 1.90 bits per heavy atom. The first-order valence-electron chi connectivity index (χ1n) is 3.57. The molecule has 0 aromatic rings. The van der Waals surface area contributed by atoms with Crippen LogP contribution in [-0.2, 0) is 9.47 Å². The molecule has 0 bridgehead atoms. The van der Waals surface area contributed by atoms with Gasteiger partial charge in [-0.1, -0.05) is 0 Å². The maximum absolute atomic E-state index is 8.31. The van der Waals surface area contributed by atoms with E-state index < -0.39 is 0 Å². The predicted octanol–water partition coefficient (Wildman–Crippen LogP) is 0.420. The Morgan fingerprint density at radius 3 is 2.40 bits per heavy atom. The van der Waals surface area contributed by atoms with E-state index in [1.807, 2.05) is 13.8 Å². The highest BCUT2D eigenvalue weighted by atomic mass is 16.5. The molecule has 0 aliphatic carbocycles. The Morgan fingerprint density at radius 1 is 1.20 bits per heavy atom. The lowest BCUT2D eigenvalue weighted by atomic mass is 10.5. The molecule has 0 aliphatic heterocycles. The van der Waals surface area contributed by atoms with Crippen molar-refractivity contribution in [3.63, 3.8) is 0 Å². The Balaban J connectivity index is 2.77. The molecule has 0 saturated heterocycles. The SMILES string of the molecule is CC(C)OCCOCCO. The summed E-state index contributed by atoms with van der Waals surface area (Å²) >= 11 is 0. The minimum Gasteiger partial charge on any atom is -0.394 e. The van der Waals surface area contributed by atoms with Crippen LogP contribution >= 0.6 is 0 Å². The summed E-state index contributed by atoms with van der Waals surface area (Å²) in [6.45, 7) is 5.62. The molecule has 0 rings (SSSR count). The van der Waals surface area contributed by atoms with Crippen molar-refractivity contribution in [2.75, 3.05) is 26.4 Å². The number of ether oxygens (including phenoxy) is 2. The van der Waals surface area contributed by atoms with Crippen LogP contribution in [0, 0.1) is 0 Å². The molecule has 0 atom stereocenters. The van der Waals surface area contributed by atoms with E-state index in [2.05, 4.69) is 0 Å². The van der Waals surface area contributed by atoms with Gasteiger partial charge < -0.3 is 14.6 Å². The monoisotopic (exact) mass is 148 g/mol. The highest BCUT2D eigenvalue weighted by Gasteiger charge is 1.91. The molecule has 0 fully saturated rings. The molecule has 0 aliphatic rings. The third-order valence-corrected chi connectivity index (χ3v) is 0.914. The summed E-state index contributed by atoms with van der Waals surface area (Å²) in [4.78, 5) is 0. The second kappa shape index (κ2) is 6.99. The number of hydrogen-bond donors (Lipinski definition) is 1. The van der Waals surface area contributed by atoms with Crippen molar-refractivity contribution in [3.05, 3.63) is 0 Å². The zero-order valence-corrected chi connectivity index (χ0v) is 6.67. The van der Waals surface area contributed by atoms with Crippen molar-refractivity contribution in [2.45, 2.75) is 20.0 Å². The molecule has 0 aromatic heterocycles. The molecule has 0 spiro atoms. The molecular formula is C7H16O3. The van der Waals surface area contributed by atoms with Crippen molar-refractivity contribution >= 4 is 0 Å². The molecule has 0 saturated carbocycles. The summed E-state index contributed by atoms with van der Waals surface area (Å²) < 4.78 is 10.1. The second-order valence-corrected chi connectivity index (χ2v) is 2.26. The van der Waals surface area contributed by atoms with Crippen LogP contribution < -0.4 is 0 Å². The van der Waals surface area contributed by atoms with Crippen LogP contribution in [0.4, 0.5) is 0 Å². The fourth-order valence-electron chi connectivity index (χ4n) is 0.509. The molecule has 1 N–H and O–H groups in total. The van der Waals surface area contributed by atoms with Crippen LogP contribution in [0.25, 0.3) is 0 Å². The van der Waals surface area contributed by atoms with Crippen molar-refractivity contribution < 1.29 is 14.6 Å².